The lowest BCUT2D eigenvalue weighted by Crippen LogP contribution is -2.18. The summed E-state index contributed by atoms with van der Waals surface area (Å²) in [5, 5.41) is 12.5. The number of rotatable bonds is 7. The summed E-state index contributed by atoms with van der Waals surface area (Å²) in [5.41, 5.74) is 7.31. The number of nitrogens with one attached hydrogen (secondary N) is 2. The minimum Gasteiger partial charge on any atom is -0.496 e. The van der Waals surface area contributed by atoms with E-state index < -0.39 is 0 Å². The first-order valence-corrected chi connectivity index (χ1v) is 9.55. The summed E-state index contributed by atoms with van der Waals surface area (Å²) < 4.78 is 11.5. The van der Waals surface area contributed by atoms with Gasteiger partial charge in [-0.15, -0.1) is 0 Å². The van der Waals surface area contributed by atoms with E-state index in [0.29, 0.717) is 18.6 Å². The number of hydrogen-bond acceptors (Lipinski definition) is 6. The Labute approximate surface area is 182 Å². The van der Waals surface area contributed by atoms with Gasteiger partial charge in [0.2, 0.25) is 6.41 Å². The van der Waals surface area contributed by atoms with E-state index in [4.69, 9.17) is 14.3 Å². The maximum Gasteiger partial charge on any atom is 0.221 e. The SMILES string of the molecule is CNc1cccc(OC)c1COc1ccc(-c2ccccc2C#N)cc1C.NNC=O. The Bertz CT molecular complexity index is 1040. The van der Waals surface area contributed by atoms with Gasteiger partial charge in [-0.25, -0.2) is 5.84 Å². The lowest BCUT2D eigenvalue weighted by atomic mass is 9.98. The van der Waals surface area contributed by atoms with E-state index >= 15 is 0 Å². The van der Waals surface area contributed by atoms with Gasteiger partial charge in [0, 0.05) is 12.7 Å². The molecule has 0 aliphatic heterocycles. The molecule has 0 aliphatic rings. The van der Waals surface area contributed by atoms with Crippen molar-refractivity contribution in [3.63, 3.8) is 0 Å². The number of nitriles is 1. The Morgan fingerprint density at radius 1 is 1.10 bits per heavy atom. The molecule has 0 unspecified atom stereocenters. The van der Waals surface area contributed by atoms with Gasteiger partial charge in [-0.1, -0.05) is 30.3 Å². The smallest absolute Gasteiger partial charge is 0.221 e. The summed E-state index contributed by atoms with van der Waals surface area (Å²) in [6.45, 7) is 2.41. The zero-order valence-electron chi connectivity index (χ0n) is 17.8. The summed E-state index contributed by atoms with van der Waals surface area (Å²) in [5.74, 6) is 6.01. The van der Waals surface area contributed by atoms with Crippen LogP contribution in [0.25, 0.3) is 11.1 Å². The first kappa shape index (κ1) is 23.3. The average molecular weight is 418 g/mol. The molecule has 0 bridgehead atoms. The van der Waals surface area contributed by atoms with Crippen molar-refractivity contribution in [1.29, 1.82) is 5.26 Å². The lowest BCUT2D eigenvalue weighted by molar-refractivity contribution is -0.109. The molecule has 0 spiro atoms. The molecule has 31 heavy (non-hydrogen) atoms. The lowest BCUT2D eigenvalue weighted by Gasteiger charge is -2.16. The second-order valence-electron chi connectivity index (χ2n) is 6.45. The Kier molecular flexibility index (Phi) is 8.90. The van der Waals surface area contributed by atoms with Crippen LogP contribution >= 0.6 is 0 Å². The van der Waals surface area contributed by atoms with Gasteiger partial charge in [-0.2, -0.15) is 5.26 Å². The molecule has 0 aliphatic carbocycles. The van der Waals surface area contributed by atoms with Gasteiger partial charge in [0.1, 0.15) is 18.1 Å². The van der Waals surface area contributed by atoms with Crippen molar-refractivity contribution >= 4 is 12.1 Å². The third-order valence-electron chi connectivity index (χ3n) is 4.60. The number of nitrogens with zero attached hydrogens (tertiary/aromatic N) is 1. The van der Waals surface area contributed by atoms with Gasteiger partial charge in [0.25, 0.3) is 0 Å². The zero-order valence-corrected chi connectivity index (χ0v) is 17.8. The monoisotopic (exact) mass is 418 g/mol. The minimum absolute atomic E-state index is 0.398. The topological polar surface area (TPSA) is 109 Å². The van der Waals surface area contributed by atoms with Crippen molar-refractivity contribution < 1.29 is 14.3 Å². The highest BCUT2D eigenvalue weighted by molar-refractivity contribution is 5.71. The number of ether oxygens (including phenoxy) is 2. The molecule has 0 saturated heterocycles. The number of carbonyl (C=O) groups excluding carboxylic acids is 1. The summed E-state index contributed by atoms with van der Waals surface area (Å²) >= 11 is 0. The van der Waals surface area contributed by atoms with Gasteiger partial charge < -0.3 is 14.8 Å². The highest BCUT2D eigenvalue weighted by Gasteiger charge is 2.11. The van der Waals surface area contributed by atoms with Gasteiger partial charge in [-0.3, -0.25) is 10.2 Å². The molecule has 7 heteroatoms. The molecule has 0 radical (unpaired) electrons. The van der Waals surface area contributed by atoms with E-state index in [0.717, 1.165) is 39.4 Å². The standard InChI is InChI=1S/C23H22N2O2.CH4N2O/c1-16-13-17(19-8-5-4-7-18(19)14-24)11-12-22(16)27-15-20-21(25-2)9-6-10-23(20)26-3;2-3-1-4/h4-13,25H,15H2,1-3H3;1H,2H2,(H,3,4). The van der Waals surface area contributed by atoms with Gasteiger partial charge in [-0.05, 0) is 53.9 Å². The van der Waals surface area contributed by atoms with Crippen LogP contribution in [-0.4, -0.2) is 20.6 Å². The van der Waals surface area contributed by atoms with Crippen LogP contribution in [0, 0.1) is 18.3 Å². The Hall–Kier alpha value is -4.02. The number of methoxy groups -OCH3 is 1. The van der Waals surface area contributed by atoms with Gasteiger partial charge >= 0.3 is 0 Å². The van der Waals surface area contributed by atoms with Crippen molar-refractivity contribution in [2.45, 2.75) is 13.5 Å². The van der Waals surface area contributed by atoms with E-state index in [2.05, 4.69) is 17.2 Å². The highest BCUT2D eigenvalue weighted by Crippen LogP contribution is 2.31. The third kappa shape index (κ3) is 5.98. The molecule has 160 valence electrons. The van der Waals surface area contributed by atoms with Crippen LogP contribution in [0.5, 0.6) is 11.5 Å². The van der Waals surface area contributed by atoms with Gasteiger partial charge in [0.15, 0.2) is 0 Å². The Morgan fingerprint density at radius 2 is 1.84 bits per heavy atom. The van der Waals surface area contributed by atoms with Crippen molar-refractivity contribution in [2.75, 3.05) is 19.5 Å². The molecule has 4 N–H and O–H groups in total. The van der Waals surface area contributed by atoms with Crippen LogP contribution in [0.15, 0.2) is 60.7 Å². The van der Waals surface area contributed by atoms with E-state index in [1.807, 2.05) is 74.6 Å². The average Bonchev–Trinajstić information content (AvgIpc) is 2.83. The second-order valence-corrected chi connectivity index (χ2v) is 6.45. The number of hydrogen-bond donors (Lipinski definition) is 3. The summed E-state index contributed by atoms with van der Waals surface area (Å²) in [4.78, 5) is 8.94. The molecule has 0 heterocycles. The molecule has 3 aromatic rings. The molecule has 0 atom stereocenters. The van der Waals surface area contributed by atoms with Crippen molar-refractivity contribution in [3.8, 4) is 28.7 Å². The summed E-state index contributed by atoms with van der Waals surface area (Å²) in [7, 11) is 3.54. The molecule has 3 rings (SSSR count). The maximum absolute atomic E-state index is 9.32. The molecule has 0 aromatic heterocycles. The van der Waals surface area contributed by atoms with Crippen LogP contribution in [0.2, 0.25) is 0 Å². The van der Waals surface area contributed by atoms with Crippen molar-refractivity contribution in [2.24, 2.45) is 5.84 Å². The predicted molar refractivity (Wildman–Crippen MR) is 122 cm³/mol. The number of hydrazine groups is 1. The fourth-order valence-electron chi connectivity index (χ4n) is 3.10. The van der Waals surface area contributed by atoms with Crippen LogP contribution in [0.3, 0.4) is 0 Å². The van der Waals surface area contributed by atoms with E-state index in [1.165, 1.54) is 0 Å². The second kappa shape index (κ2) is 11.9. The van der Waals surface area contributed by atoms with E-state index in [1.54, 1.807) is 12.5 Å². The molecule has 1 amide bonds. The maximum atomic E-state index is 9.32. The number of amides is 1. The number of benzene rings is 3. The highest BCUT2D eigenvalue weighted by atomic mass is 16.5. The van der Waals surface area contributed by atoms with Crippen molar-refractivity contribution in [1.82, 2.24) is 5.43 Å². The number of nitrogens with two attached hydrogens (primary N) is 1. The largest absolute Gasteiger partial charge is 0.496 e. The van der Waals surface area contributed by atoms with Crippen molar-refractivity contribution in [3.05, 3.63) is 77.4 Å². The summed E-state index contributed by atoms with van der Waals surface area (Å²) in [6.07, 6.45) is 0.403. The van der Waals surface area contributed by atoms with Crippen LogP contribution in [0.4, 0.5) is 5.69 Å². The summed E-state index contributed by atoms with van der Waals surface area (Å²) in [6, 6.07) is 21.7. The fourth-order valence-corrected chi connectivity index (χ4v) is 3.10. The van der Waals surface area contributed by atoms with Crippen LogP contribution < -0.4 is 26.1 Å². The van der Waals surface area contributed by atoms with Gasteiger partial charge in [0.05, 0.1) is 24.3 Å². The molecule has 7 nitrogen and oxygen atoms in total. The quantitative estimate of drug-likeness (QED) is 0.233. The molecular weight excluding hydrogens is 392 g/mol. The molecular formula is C24H26N4O3. The Balaban J connectivity index is 0.000000785. The Morgan fingerprint density at radius 3 is 2.45 bits per heavy atom. The van der Waals surface area contributed by atoms with Crippen LogP contribution in [0.1, 0.15) is 16.7 Å². The number of aryl methyl sites for hydroxylation is 1. The first-order valence-electron chi connectivity index (χ1n) is 9.55. The minimum atomic E-state index is 0.398. The normalized spacial score (nSPS) is 9.52. The molecule has 0 fully saturated rings. The number of anilines is 1. The third-order valence-corrected chi connectivity index (χ3v) is 4.60. The number of carbonyl (C=O) groups is 1. The first-order chi connectivity index (χ1) is 15.1. The molecule has 0 saturated carbocycles. The zero-order chi connectivity index (χ0) is 22.6. The fraction of sp³-hybridized carbons (Fsp3) is 0.167. The van der Waals surface area contributed by atoms with E-state index in [-0.39, 0.29) is 0 Å². The van der Waals surface area contributed by atoms with E-state index in [9.17, 15) is 5.26 Å². The van der Waals surface area contributed by atoms with Crippen LogP contribution in [-0.2, 0) is 11.4 Å². The predicted octanol–water partition coefficient (Wildman–Crippen LogP) is 3.77. The molecule has 3 aromatic carbocycles.